The van der Waals surface area contributed by atoms with E-state index in [9.17, 15) is 14.0 Å². The largest absolute Gasteiger partial charge is 0.465 e. The number of benzene rings is 1. The summed E-state index contributed by atoms with van der Waals surface area (Å²) in [4.78, 5) is 28.2. The van der Waals surface area contributed by atoms with Gasteiger partial charge >= 0.3 is 5.97 Å². The van der Waals surface area contributed by atoms with Crippen LogP contribution in [0.4, 0.5) is 4.39 Å². The number of esters is 1. The van der Waals surface area contributed by atoms with E-state index in [2.05, 4.69) is 11.6 Å². The van der Waals surface area contributed by atoms with Crippen molar-refractivity contribution in [2.45, 2.75) is 13.0 Å². The van der Waals surface area contributed by atoms with E-state index in [0.29, 0.717) is 30.6 Å². The number of ether oxygens (including phenoxy) is 1. The van der Waals surface area contributed by atoms with Crippen LogP contribution in [-0.4, -0.2) is 35.4 Å². The summed E-state index contributed by atoms with van der Waals surface area (Å²) < 4.78 is 17.8. The van der Waals surface area contributed by atoms with E-state index in [1.165, 1.54) is 12.0 Å². The molecule has 0 saturated heterocycles. The summed E-state index contributed by atoms with van der Waals surface area (Å²) in [7, 11) is 1.33. The van der Waals surface area contributed by atoms with Gasteiger partial charge in [0, 0.05) is 36.2 Å². The summed E-state index contributed by atoms with van der Waals surface area (Å²) >= 11 is 0. The quantitative estimate of drug-likeness (QED) is 0.684. The third kappa shape index (κ3) is 2.16. The van der Waals surface area contributed by atoms with Crippen LogP contribution in [0.1, 0.15) is 21.6 Å². The minimum Gasteiger partial charge on any atom is -0.465 e. The highest BCUT2D eigenvalue weighted by Crippen LogP contribution is 2.30. The maximum Gasteiger partial charge on any atom is 0.339 e. The standard InChI is InChI=1S/C16H15FN2O3/c1-9(17)15(20)19-7-6-13-12(8-19)10-4-3-5-11(14(10)18-13)16(21)22-2/h3-5,18H,1,6-8H2,2H3. The summed E-state index contributed by atoms with van der Waals surface area (Å²) in [6.07, 6.45) is 0.573. The minimum atomic E-state index is -0.960. The van der Waals surface area contributed by atoms with Gasteiger partial charge < -0.3 is 14.6 Å². The Labute approximate surface area is 126 Å². The first kappa shape index (κ1) is 14.3. The summed E-state index contributed by atoms with van der Waals surface area (Å²) in [5, 5.41) is 0.847. The van der Waals surface area contributed by atoms with Crippen molar-refractivity contribution in [3.05, 3.63) is 47.4 Å². The number of halogens is 1. The second kappa shape index (κ2) is 5.29. The maximum absolute atomic E-state index is 13.1. The fourth-order valence-electron chi connectivity index (χ4n) is 2.86. The Bertz CT molecular complexity index is 794. The van der Waals surface area contributed by atoms with Gasteiger partial charge in [-0.2, -0.15) is 0 Å². The van der Waals surface area contributed by atoms with E-state index in [1.807, 2.05) is 6.07 Å². The lowest BCUT2D eigenvalue weighted by Gasteiger charge is -2.26. The number of nitrogens with zero attached hydrogens (tertiary/aromatic N) is 1. The van der Waals surface area contributed by atoms with Crippen LogP contribution < -0.4 is 0 Å². The summed E-state index contributed by atoms with van der Waals surface area (Å²) in [5.41, 5.74) is 3.00. The first-order valence-electron chi connectivity index (χ1n) is 6.87. The number of fused-ring (bicyclic) bond motifs is 3. The molecule has 0 fully saturated rings. The van der Waals surface area contributed by atoms with Gasteiger partial charge in [0.15, 0.2) is 5.83 Å². The minimum absolute atomic E-state index is 0.293. The fourth-order valence-corrected chi connectivity index (χ4v) is 2.86. The van der Waals surface area contributed by atoms with Crippen LogP contribution >= 0.6 is 0 Å². The Kier molecular flexibility index (Phi) is 3.44. The van der Waals surface area contributed by atoms with E-state index >= 15 is 0 Å². The number of rotatable bonds is 2. The number of hydrogen-bond acceptors (Lipinski definition) is 3. The maximum atomic E-state index is 13.1. The Balaban J connectivity index is 2.07. The number of hydrogen-bond donors (Lipinski definition) is 1. The molecule has 2 aromatic rings. The molecule has 1 N–H and O–H groups in total. The molecule has 5 nitrogen and oxygen atoms in total. The van der Waals surface area contributed by atoms with Crippen LogP contribution in [0.3, 0.4) is 0 Å². The molecule has 0 spiro atoms. The van der Waals surface area contributed by atoms with Crippen molar-refractivity contribution in [1.29, 1.82) is 0 Å². The number of aromatic amines is 1. The van der Waals surface area contributed by atoms with Gasteiger partial charge in [0.05, 0.1) is 18.2 Å². The number of methoxy groups -OCH3 is 1. The molecule has 0 radical (unpaired) electrons. The number of carbonyl (C=O) groups is 2. The van der Waals surface area contributed by atoms with Crippen molar-refractivity contribution in [3.63, 3.8) is 0 Å². The predicted octanol–water partition coefficient (Wildman–Crippen LogP) is 2.32. The van der Waals surface area contributed by atoms with Crippen molar-refractivity contribution in [1.82, 2.24) is 9.88 Å². The molecule has 0 bridgehead atoms. The molecule has 22 heavy (non-hydrogen) atoms. The monoisotopic (exact) mass is 302 g/mol. The van der Waals surface area contributed by atoms with Crippen LogP contribution in [-0.2, 0) is 22.5 Å². The summed E-state index contributed by atoms with van der Waals surface area (Å²) in [6.45, 7) is 3.76. The molecule has 0 atom stereocenters. The number of para-hydroxylation sites is 1. The van der Waals surface area contributed by atoms with Crippen LogP contribution in [0.2, 0.25) is 0 Å². The molecule has 1 aromatic carbocycles. The fraction of sp³-hybridized carbons (Fsp3) is 0.250. The molecular formula is C16H15FN2O3. The summed E-state index contributed by atoms with van der Waals surface area (Å²) in [5.74, 6) is -2.07. The Hall–Kier alpha value is -2.63. The highest BCUT2D eigenvalue weighted by atomic mass is 19.1. The SMILES string of the molecule is C=C(F)C(=O)N1CCc2[nH]c3c(C(=O)OC)cccc3c2C1. The van der Waals surface area contributed by atoms with Crippen molar-refractivity contribution >= 4 is 22.8 Å². The second-order valence-corrected chi connectivity index (χ2v) is 5.18. The second-order valence-electron chi connectivity index (χ2n) is 5.18. The number of H-pyrrole nitrogens is 1. The van der Waals surface area contributed by atoms with Gasteiger partial charge in [-0.3, -0.25) is 4.79 Å². The van der Waals surface area contributed by atoms with E-state index in [0.717, 1.165) is 16.6 Å². The van der Waals surface area contributed by atoms with Gasteiger partial charge in [-0.25, -0.2) is 9.18 Å². The van der Waals surface area contributed by atoms with Crippen molar-refractivity contribution in [3.8, 4) is 0 Å². The third-order valence-corrected chi connectivity index (χ3v) is 3.94. The molecule has 1 aromatic heterocycles. The summed E-state index contributed by atoms with van der Waals surface area (Å²) in [6, 6.07) is 5.31. The lowest BCUT2D eigenvalue weighted by molar-refractivity contribution is -0.129. The molecule has 1 aliphatic rings. The topological polar surface area (TPSA) is 62.4 Å². The smallest absolute Gasteiger partial charge is 0.339 e. The van der Waals surface area contributed by atoms with Crippen LogP contribution in [0.15, 0.2) is 30.6 Å². The molecule has 0 unspecified atom stereocenters. The molecule has 114 valence electrons. The van der Waals surface area contributed by atoms with Gasteiger partial charge in [-0.1, -0.05) is 18.7 Å². The predicted molar refractivity (Wildman–Crippen MR) is 79.0 cm³/mol. The van der Waals surface area contributed by atoms with E-state index in [4.69, 9.17) is 4.74 Å². The zero-order valence-electron chi connectivity index (χ0n) is 12.1. The highest BCUT2D eigenvalue weighted by molar-refractivity contribution is 6.04. The van der Waals surface area contributed by atoms with E-state index < -0.39 is 17.7 Å². The molecule has 1 amide bonds. The molecule has 1 aliphatic heterocycles. The molecule has 2 heterocycles. The Morgan fingerprint density at radius 2 is 2.18 bits per heavy atom. The third-order valence-electron chi connectivity index (χ3n) is 3.94. The lowest BCUT2D eigenvalue weighted by Crippen LogP contribution is -2.35. The zero-order valence-corrected chi connectivity index (χ0v) is 12.1. The van der Waals surface area contributed by atoms with Gasteiger partial charge in [-0.05, 0) is 6.07 Å². The number of aromatic nitrogens is 1. The van der Waals surface area contributed by atoms with Gasteiger partial charge in [0.1, 0.15) is 0 Å². The van der Waals surface area contributed by atoms with Gasteiger partial charge in [0.25, 0.3) is 5.91 Å². The Morgan fingerprint density at radius 1 is 1.41 bits per heavy atom. The van der Waals surface area contributed by atoms with Crippen molar-refractivity contribution < 1.29 is 18.7 Å². The molecular weight excluding hydrogens is 287 g/mol. The van der Waals surface area contributed by atoms with Crippen LogP contribution in [0, 0.1) is 0 Å². The van der Waals surface area contributed by atoms with Crippen LogP contribution in [0.25, 0.3) is 10.9 Å². The zero-order chi connectivity index (χ0) is 15.9. The van der Waals surface area contributed by atoms with Crippen LogP contribution in [0.5, 0.6) is 0 Å². The first-order chi connectivity index (χ1) is 10.5. The Morgan fingerprint density at radius 3 is 2.86 bits per heavy atom. The van der Waals surface area contributed by atoms with E-state index in [1.54, 1.807) is 12.1 Å². The molecule has 3 rings (SSSR count). The average molecular weight is 302 g/mol. The number of nitrogens with one attached hydrogen (secondary N) is 1. The lowest BCUT2D eigenvalue weighted by atomic mass is 10.0. The van der Waals surface area contributed by atoms with Gasteiger partial charge in [0.2, 0.25) is 0 Å². The van der Waals surface area contributed by atoms with E-state index in [-0.39, 0.29) is 0 Å². The molecule has 6 heteroatoms. The highest BCUT2D eigenvalue weighted by Gasteiger charge is 2.26. The van der Waals surface area contributed by atoms with Gasteiger partial charge in [-0.15, -0.1) is 0 Å². The van der Waals surface area contributed by atoms with Crippen molar-refractivity contribution in [2.75, 3.05) is 13.7 Å². The normalized spacial score (nSPS) is 13.8. The average Bonchev–Trinajstić information content (AvgIpc) is 2.90. The molecule has 0 saturated carbocycles. The molecule has 0 aliphatic carbocycles. The van der Waals surface area contributed by atoms with Crippen molar-refractivity contribution in [2.24, 2.45) is 0 Å². The first-order valence-corrected chi connectivity index (χ1v) is 6.87. The number of amides is 1. The number of carbonyl (C=O) groups excluding carboxylic acids is 2.